The van der Waals surface area contributed by atoms with E-state index < -0.39 is 4.92 Å². The molecule has 36 heavy (non-hydrogen) atoms. The monoisotopic (exact) mass is 484 g/mol. The van der Waals surface area contributed by atoms with Crippen molar-refractivity contribution < 1.29 is 9.66 Å². The molecule has 4 aromatic rings. The highest BCUT2D eigenvalue weighted by atomic mass is 16.6. The van der Waals surface area contributed by atoms with Crippen LogP contribution in [0.25, 0.3) is 0 Å². The Morgan fingerprint density at radius 1 is 0.917 bits per heavy atom. The zero-order valence-corrected chi connectivity index (χ0v) is 19.9. The van der Waals surface area contributed by atoms with Gasteiger partial charge in [-0.1, -0.05) is 42.0 Å². The summed E-state index contributed by atoms with van der Waals surface area (Å²) in [5.74, 6) is 0.874. The SMILES string of the molecule is COc1c(/C=N\Nc2nc(Nc3ccccc3)nc(Nc3ccc(C)cc3C)n2)cccc1[N+](=O)[O-]. The van der Waals surface area contributed by atoms with Crippen LogP contribution >= 0.6 is 0 Å². The Kier molecular flexibility index (Phi) is 7.30. The van der Waals surface area contributed by atoms with Gasteiger partial charge in [0.05, 0.1) is 18.2 Å². The van der Waals surface area contributed by atoms with Crippen LogP contribution in [0.1, 0.15) is 16.7 Å². The van der Waals surface area contributed by atoms with Crippen molar-refractivity contribution in [1.82, 2.24) is 15.0 Å². The zero-order valence-electron chi connectivity index (χ0n) is 19.9. The topological polar surface area (TPSA) is 139 Å². The largest absolute Gasteiger partial charge is 0.490 e. The molecular weight excluding hydrogens is 460 g/mol. The molecule has 1 heterocycles. The summed E-state index contributed by atoms with van der Waals surface area (Å²) in [5, 5.41) is 21.8. The Labute approximate surface area is 207 Å². The smallest absolute Gasteiger partial charge is 0.311 e. The predicted molar refractivity (Wildman–Crippen MR) is 140 cm³/mol. The molecule has 1 aromatic heterocycles. The van der Waals surface area contributed by atoms with Crippen LogP contribution in [0.5, 0.6) is 5.75 Å². The fraction of sp³-hybridized carbons (Fsp3) is 0.120. The van der Waals surface area contributed by atoms with Gasteiger partial charge >= 0.3 is 5.69 Å². The van der Waals surface area contributed by atoms with Crippen LogP contribution in [-0.2, 0) is 0 Å². The fourth-order valence-corrected chi connectivity index (χ4v) is 3.43. The number of hydrogen-bond acceptors (Lipinski definition) is 10. The van der Waals surface area contributed by atoms with Crippen molar-refractivity contribution in [2.24, 2.45) is 5.10 Å². The summed E-state index contributed by atoms with van der Waals surface area (Å²) >= 11 is 0. The van der Waals surface area contributed by atoms with Crippen LogP contribution in [0, 0.1) is 24.0 Å². The number of nitrogens with one attached hydrogen (secondary N) is 3. The lowest BCUT2D eigenvalue weighted by Gasteiger charge is -2.12. The first-order valence-electron chi connectivity index (χ1n) is 11.0. The predicted octanol–water partition coefficient (Wildman–Crippen LogP) is 5.34. The van der Waals surface area contributed by atoms with Crippen LogP contribution in [0.3, 0.4) is 0 Å². The highest BCUT2D eigenvalue weighted by Gasteiger charge is 2.17. The van der Waals surface area contributed by atoms with Crippen molar-refractivity contribution >= 4 is 41.1 Å². The zero-order chi connectivity index (χ0) is 25.5. The molecule has 0 atom stereocenters. The molecule has 0 aliphatic heterocycles. The number of methoxy groups -OCH3 is 1. The molecule has 3 N–H and O–H groups in total. The van der Waals surface area contributed by atoms with Crippen LogP contribution in [0.2, 0.25) is 0 Å². The van der Waals surface area contributed by atoms with E-state index in [0.717, 1.165) is 22.5 Å². The third kappa shape index (κ3) is 5.89. The van der Waals surface area contributed by atoms with Gasteiger partial charge in [0.1, 0.15) is 0 Å². The highest BCUT2D eigenvalue weighted by molar-refractivity contribution is 5.86. The van der Waals surface area contributed by atoms with E-state index in [1.807, 2.05) is 56.3 Å². The van der Waals surface area contributed by atoms with Gasteiger partial charge in [-0.3, -0.25) is 10.1 Å². The van der Waals surface area contributed by atoms with Gasteiger partial charge in [-0.2, -0.15) is 20.1 Å². The first-order chi connectivity index (χ1) is 17.4. The normalized spacial score (nSPS) is 10.8. The molecule has 0 saturated heterocycles. The van der Waals surface area contributed by atoms with Crippen molar-refractivity contribution in [2.45, 2.75) is 13.8 Å². The number of nitro groups is 1. The number of anilines is 5. The molecule has 0 unspecified atom stereocenters. The Morgan fingerprint density at radius 2 is 1.64 bits per heavy atom. The molecule has 0 bridgehead atoms. The summed E-state index contributed by atoms with van der Waals surface area (Å²) in [5.41, 5.74) is 6.88. The van der Waals surface area contributed by atoms with E-state index in [9.17, 15) is 10.1 Å². The molecular formula is C25H24N8O3. The molecule has 0 saturated carbocycles. The maximum absolute atomic E-state index is 11.3. The number of rotatable bonds is 9. The van der Waals surface area contributed by atoms with Gasteiger partial charge in [-0.15, -0.1) is 0 Å². The number of ether oxygens (including phenoxy) is 1. The van der Waals surface area contributed by atoms with Gasteiger partial charge in [0, 0.05) is 23.0 Å². The number of nitro benzene ring substituents is 1. The molecule has 0 amide bonds. The van der Waals surface area contributed by atoms with E-state index in [0.29, 0.717) is 17.5 Å². The molecule has 3 aromatic carbocycles. The van der Waals surface area contributed by atoms with Gasteiger partial charge in [-0.25, -0.2) is 5.43 Å². The van der Waals surface area contributed by atoms with E-state index >= 15 is 0 Å². The van der Waals surface area contributed by atoms with Gasteiger partial charge in [0.2, 0.25) is 23.6 Å². The van der Waals surface area contributed by atoms with Crippen LogP contribution < -0.4 is 20.8 Å². The number of nitrogens with zero attached hydrogens (tertiary/aromatic N) is 5. The standard InChI is InChI=1S/C25H24N8O3/c1-16-12-13-20(17(2)14-16)28-24-29-23(27-19-9-5-4-6-10-19)30-25(31-24)32-26-15-18-8-7-11-21(33(34)35)22(18)36-3/h4-15H,1-3H3,(H3,27,28,29,30,31,32)/b26-15-. The van der Waals surface area contributed by atoms with E-state index in [1.165, 1.54) is 19.4 Å². The number of aromatic nitrogens is 3. The fourth-order valence-electron chi connectivity index (χ4n) is 3.43. The summed E-state index contributed by atoms with van der Waals surface area (Å²) in [4.78, 5) is 24.0. The minimum absolute atomic E-state index is 0.104. The van der Waals surface area contributed by atoms with Crippen molar-refractivity contribution in [3.8, 4) is 5.75 Å². The lowest BCUT2D eigenvalue weighted by Crippen LogP contribution is -2.08. The number of benzene rings is 3. The van der Waals surface area contributed by atoms with Crippen molar-refractivity contribution in [1.29, 1.82) is 0 Å². The number of aryl methyl sites for hydroxylation is 2. The Hall–Kier alpha value is -5.06. The average Bonchev–Trinajstić information content (AvgIpc) is 2.86. The third-order valence-electron chi connectivity index (χ3n) is 5.09. The van der Waals surface area contributed by atoms with E-state index in [4.69, 9.17) is 4.74 Å². The van der Waals surface area contributed by atoms with Gasteiger partial charge < -0.3 is 15.4 Å². The van der Waals surface area contributed by atoms with Crippen LogP contribution in [0.4, 0.5) is 34.9 Å². The molecule has 11 heteroatoms. The Balaban J connectivity index is 1.63. The number of hydrazone groups is 1. The number of para-hydroxylation sites is 2. The summed E-state index contributed by atoms with van der Waals surface area (Å²) in [7, 11) is 1.37. The summed E-state index contributed by atoms with van der Waals surface area (Å²) in [6, 6.07) is 20.1. The number of hydrogen-bond donors (Lipinski definition) is 3. The van der Waals surface area contributed by atoms with Gasteiger partial charge in [0.15, 0.2) is 0 Å². The van der Waals surface area contributed by atoms with Crippen LogP contribution in [0.15, 0.2) is 71.8 Å². The minimum atomic E-state index is -0.512. The first-order valence-corrected chi connectivity index (χ1v) is 11.0. The van der Waals surface area contributed by atoms with Crippen LogP contribution in [-0.4, -0.2) is 33.2 Å². The van der Waals surface area contributed by atoms with E-state index in [2.05, 4.69) is 42.2 Å². The van der Waals surface area contributed by atoms with Crippen molar-refractivity contribution in [2.75, 3.05) is 23.2 Å². The summed E-state index contributed by atoms with van der Waals surface area (Å²) in [6.07, 6.45) is 1.40. The highest BCUT2D eigenvalue weighted by Crippen LogP contribution is 2.29. The molecule has 0 aliphatic carbocycles. The second kappa shape index (κ2) is 10.9. The molecule has 11 nitrogen and oxygen atoms in total. The summed E-state index contributed by atoms with van der Waals surface area (Å²) < 4.78 is 5.21. The Morgan fingerprint density at radius 3 is 2.33 bits per heavy atom. The first kappa shape index (κ1) is 24.1. The maximum atomic E-state index is 11.3. The van der Waals surface area contributed by atoms with Crippen molar-refractivity contribution in [3.63, 3.8) is 0 Å². The quantitative estimate of drug-likeness (QED) is 0.163. The Bertz CT molecular complexity index is 1410. The lowest BCUT2D eigenvalue weighted by atomic mass is 10.1. The third-order valence-corrected chi connectivity index (χ3v) is 5.09. The van der Waals surface area contributed by atoms with Crippen molar-refractivity contribution in [3.05, 3.63) is 93.5 Å². The summed E-state index contributed by atoms with van der Waals surface area (Å²) in [6.45, 7) is 4.02. The second-order valence-corrected chi connectivity index (χ2v) is 7.77. The molecule has 0 fully saturated rings. The van der Waals surface area contributed by atoms with E-state index in [1.54, 1.807) is 12.1 Å². The van der Waals surface area contributed by atoms with E-state index in [-0.39, 0.29) is 17.4 Å². The average molecular weight is 485 g/mol. The minimum Gasteiger partial charge on any atom is -0.490 e. The van der Waals surface area contributed by atoms with Gasteiger partial charge in [-0.05, 0) is 43.7 Å². The molecule has 4 rings (SSSR count). The molecule has 0 radical (unpaired) electrons. The lowest BCUT2D eigenvalue weighted by molar-refractivity contribution is -0.385. The molecule has 0 aliphatic rings. The maximum Gasteiger partial charge on any atom is 0.311 e. The molecule has 0 spiro atoms. The second-order valence-electron chi connectivity index (χ2n) is 7.77. The molecule has 182 valence electrons. The van der Waals surface area contributed by atoms with Gasteiger partial charge in [0.25, 0.3) is 0 Å².